The minimum absolute atomic E-state index is 0.185. The van der Waals surface area contributed by atoms with Crippen molar-refractivity contribution in [3.8, 4) is 0 Å². The number of hydrogen-bond donors (Lipinski definition) is 0. The second-order valence-electron chi connectivity index (χ2n) is 2.96. The molecule has 1 saturated heterocycles. The van der Waals surface area contributed by atoms with Gasteiger partial charge in [0.15, 0.2) is 0 Å². The van der Waals surface area contributed by atoms with Crippen molar-refractivity contribution in [3.63, 3.8) is 0 Å². The zero-order valence-corrected chi connectivity index (χ0v) is 5.51. The van der Waals surface area contributed by atoms with Gasteiger partial charge >= 0.3 is 0 Å². The van der Waals surface area contributed by atoms with Crippen LogP contribution in [0.25, 0.3) is 0 Å². The van der Waals surface area contributed by atoms with E-state index in [2.05, 4.69) is 0 Å². The minimum Gasteiger partial charge on any atom is -0.198 e. The molecule has 0 spiro atoms. The molecule has 2 aliphatic rings. The maximum Gasteiger partial charge on any atom is 0.227 e. The normalized spacial score (nSPS) is 30.7. The second-order valence-corrected chi connectivity index (χ2v) is 2.96. The van der Waals surface area contributed by atoms with E-state index in [0.717, 1.165) is 5.92 Å². The molecule has 2 nitrogen and oxygen atoms in total. The average molecular weight is 128 g/mol. The van der Waals surface area contributed by atoms with E-state index in [1.54, 1.807) is 0 Å². The second kappa shape index (κ2) is 2.27. The molecule has 52 valence electrons. The molecule has 2 rings (SSSR count). The zero-order valence-electron chi connectivity index (χ0n) is 5.51. The first-order valence-corrected chi connectivity index (χ1v) is 3.79. The van der Waals surface area contributed by atoms with Gasteiger partial charge in [0, 0.05) is 5.92 Å². The van der Waals surface area contributed by atoms with E-state index in [1.807, 2.05) is 0 Å². The third kappa shape index (κ3) is 1.25. The molecule has 1 saturated carbocycles. The smallest absolute Gasteiger partial charge is 0.198 e. The Morgan fingerprint density at radius 2 is 1.56 bits per heavy atom. The Morgan fingerprint density at radius 1 is 0.889 bits per heavy atom. The van der Waals surface area contributed by atoms with Crippen LogP contribution in [0.1, 0.15) is 32.1 Å². The van der Waals surface area contributed by atoms with Crippen molar-refractivity contribution in [2.75, 3.05) is 0 Å². The Hall–Kier alpha value is -0.0800. The van der Waals surface area contributed by atoms with Crippen LogP contribution in [0, 0.1) is 5.92 Å². The average Bonchev–Trinajstić information content (AvgIpc) is 2.71. The van der Waals surface area contributed by atoms with E-state index < -0.39 is 0 Å². The maximum atomic E-state index is 4.75. The summed E-state index contributed by atoms with van der Waals surface area (Å²) >= 11 is 0. The van der Waals surface area contributed by atoms with Crippen LogP contribution in [0.2, 0.25) is 0 Å². The fourth-order valence-corrected chi connectivity index (χ4v) is 1.60. The molecule has 0 unspecified atom stereocenters. The molecule has 0 N–H and O–H groups in total. The predicted molar refractivity (Wildman–Crippen MR) is 32.5 cm³/mol. The molecule has 1 heterocycles. The summed E-state index contributed by atoms with van der Waals surface area (Å²) in [6, 6.07) is 0. The monoisotopic (exact) mass is 128 g/mol. The topological polar surface area (TPSA) is 25.1 Å². The van der Waals surface area contributed by atoms with Crippen LogP contribution in [-0.4, -0.2) is 6.29 Å². The highest BCUT2D eigenvalue weighted by molar-refractivity contribution is 4.70. The summed E-state index contributed by atoms with van der Waals surface area (Å²) in [5, 5.41) is 0. The van der Waals surface area contributed by atoms with Crippen LogP contribution in [0.15, 0.2) is 0 Å². The van der Waals surface area contributed by atoms with Crippen molar-refractivity contribution in [1.82, 2.24) is 0 Å². The third-order valence-electron chi connectivity index (χ3n) is 2.24. The molecule has 0 aromatic rings. The highest BCUT2D eigenvalue weighted by Gasteiger charge is 2.36. The Bertz CT molecular complexity index is 93.1. The van der Waals surface area contributed by atoms with Gasteiger partial charge in [-0.3, -0.25) is 0 Å². The van der Waals surface area contributed by atoms with E-state index in [-0.39, 0.29) is 6.29 Å². The van der Waals surface area contributed by atoms with E-state index in [1.165, 1.54) is 32.1 Å². The molecule has 2 fully saturated rings. The highest BCUT2D eigenvalue weighted by Crippen LogP contribution is 2.34. The molecule has 0 aromatic carbocycles. The predicted octanol–water partition coefficient (Wildman–Crippen LogP) is 1.85. The van der Waals surface area contributed by atoms with Gasteiger partial charge in [0.05, 0.1) is 0 Å². The van der Waals surface area contributed by atoms with Crippen molar-refractivity contribution in [1.29, 1.82) is 0 Å². The first-order chi connectivity index (χ1) is 4.47. The SMILES string of the molecule is C1CCC(C2OO2)CC1. The van der Waals surface area contributed by atoms with Gasteiger partial charge in [-0.05, 0) is 12.8 Å². The lowest BCUT2D eigenvalue weighted by atomic mass is 9.89. The number of rotatable bonds is 1. The standard InChI is InChI=1S/C7H12O2/c1-2-4-6(5-3-1)7-8-9-7/h6-7H,1-5H2. The Labute approximate surface area is 55.1 Å². The summed E-state index contributed by atoms with van der Waals surface area (Å²) in [6.45, 7) is 0. The van der Waals surface area contributed by atoms with Crippen LogP contribution >= 0.6 is 0 Å². The summed E-state index contributed by atoms with van der Waals surface area (Å²) in [5.74, 6) is 0.721. The molecule has 0 aromatic heterocycles. The molecule has 0 atom stereocenters. The summed E-state index contributed by atoms with van der Waals surface area (Å²) in [4.78, 5) is 9.50. The molecule has 0 bridgehead atoms. The fraction of sp³-hybridized carbons (Fsp3) is 1.00. The summed E-state index contributed by atoms with van der Waals surface area (Å²) in [6.07, 6.45) is 6.95. The van der Waals surface area contributed by atoms with Gasteiger partial charge in [-0.25, -0.2) is 0 Å². The van der Waals surface area contributed by atoms with Crippen LogP contribution in [-0.2, 0) is 9.78 Å². The van der Waals surface area contributed by atoms with Crippen molar-refractivity contribution >= 4 is 0 Å². The lowest BCUT2D eigenvalue weighted by Crippen LogP contribution is -2.11. The van der Waals surface area contributed by atoms with Crippen LogP contribution in [0.5, 0.6) is 0 Å². The minimum atomic E-state index is 0.185. The summed E-state index contributed by atoms with van der Waals surface area (Å²) < 4.78 is 0. The van der Waals surface area contributed by atoms with Gasteiger partial charge in [-0.1, -0.05) is 19.3 Å². The molecule has 2 heteroatoms. The lowest BCUT2D eigenvalue weighted by Gasteiger charge is -2.16. The van der Waals surface area contributed by atoms with Gasteiger partial charge < -0.3 is 0 Å². The van der Waals surface area contributed by atoms with Gasteiger partial charge in [-0.15, -0.1) is 0 Å². The Morgan fingerprint density at radius 3 is 2.11 bits per heavy atom. The van der Waals surface area contributed by atoms with Crippen molar-refractivity contribution in [2.24, 2.45) is 5.92 Å². The van der Waals surface area contributed by atoms with Gasteiger partial charge in [0.2, 0.25) is 6.29 Å². The van der Waals surface area contributed by atoms with E-state index >= 15 is 0 Å². The van der Waals surface area contributed by atoms with E-state index in [0.29, 0.717) is 0 Å². The van der Waals surface area contributed by atoms with Crippen LogP contribution < -0.4 is 0 Å². The molecule has 1 aliphatic heterocycles. The molecule has 0 radical (unpaired) electrons. The van der Waals surface area contributed by atoms with E-state index in [4.69, 9.17) is 9.78 Å². The van der Waals surface area contributed by atoms with Crippen LogP contribution in [0.3, 0.4) is 0 Å². The summed E-state index contributed by atoms with van der Waals surface area (Å²) in [5.41, 5.74) is 0. The largest absolute Gasteiger partial charge is 0.227 e. The van der Waals surface area contributed by atoms with Crippen LogP contribution in [0.4, 0.5) is 0 Å². The molecule has 1 aliphatic carbocycles. The quantitative estimate of drug-likeness (QED) is 0.397. The van der Waals surface area contributed by atoms with Crippen molar-refractivity contribution < 1.29 is 9.78 Å². The number of hydrogen-bond acceptors (Lipinski definition) is 2. The van der Waals surface area contributed by atoms with Gasteiger partial charge in [0.25, 0.3) is 0 Å². The molecule has 9 heavy (non-hydrogen) atoms. The molecular formula is C7H12O2. The summed E-state index contributed by atoms with van der Waals surface area (Å²) in [7, 11) is 0. The van der Waals surface area contributed by atoms with Gasteiger partial charge in [-0.2, -0.15) is 9.78 Å². The fourth-order valence-electron chi connectivity index (χ4n) is 1.60. The van der Waals surface area contributed by atoms with E-state index in [9.17, 15) is 0 Å². The lowest BCUT2D eigenvalue weighted by molar-refractivity contribution is 0.0850. The highest BCUT2D eigenvalue weighted by atomic mass is 17.4. The third-order valence-corrected chi connectivity index (χ3v) is 2.24. The Kier molecular flexibility index (Phi) is 1.44. The molecular weight excluding hydrogens is 116 g/mol. The van der Waals surface area contributed by atoms with Gasteiger partial charge in [0.1, 0.15) is 0 Å². The first-order valence-electron chi connectivity index (χ1n) is 3.79. The first kappa shape index (κ1) is 5.69. The van der Waals surface area contributed by atoms with Crippen molar-refractivity contribution in [3.05, 3.63) is 0 Å². The molecule has 0 amide bonds. The Balaban J connectivity index is 1.80. The van der Waals surface area contributed by atoms with Crippen molar-refractivity contribution in [2.45, 2.75) is 38.4 Å². The zero-order chi connectivity index (χ0) is 6.10. The maximum absolute atomic E-state index is 4.75.